The predicted molar refractivity (Wildman–Crippen MR) is 107 cm³/mol. The fourth-order valence-corrected chi connectivity index (χ4v) is 3.52. The van der Waals surface area contributed by atoms with Gasteiger partial charge in [-0.15, -0.1) is 0 Å². The third-order valence-electron chi connectivity index (χ3n) is 4.97. The van der Waals surface area contributed by atoms with Gasteiger partial charge in [0.25, 0.3) is 5.91 Å². The largest absolute Gasteiger partial charge is 0.493 e. The molecule has 9 heteroatoms. The Labute approximate surface area is 168 Å². The van der Waals surface area contributed by atoms with Crippen LogP contribution in [0.4, 0.5) is 11.4 Å². The maximum Gasteiger partial charge on any atom is 0.327 e. The molecule has 3 rings (SSSR count). The van der Waals surface area contributed by atoms with E-state index in [1.165, 1.54) is 27.4 Å². The number of amides is 1. The van der Waals surface area contributed by atoms with E-state index < -0.39 is 16.5 Å². The molecule has 0 unspecified atom stereocenters. The second kappa shape index (κ2) is 8.26. The number of rotatable bonds is 5. The van der Waals surface area contributed by atoms with Crippen LogP contribution in [0, 0.1) is 10.1 Å². The van der Waals surface area contributed by atoms with Crippen LogP contribution in [0.1, 0.15) is 15.9 Å². The molecule has 1 amide bonds. The van der Waals surface area contributed by atoms with Gasteiger partial charge >= 0.3 is 5.69 Å². The van der Waals surface area contributed by atoms with E-state index in [0.717, 1.165) is 11.3 Å². The van der Waals surface area contributed by atoms with Gasteiger partial charge < -0.3 is 24.0 Å². The zero-order valence-electron chi connectivity index (χ0n) is 16.8. The van der Waals surface area contributed by atoms with Gasteiger partial charge in [-0.05, 0) is 11.6 Å². The van der Waals surface area contributed by atoms with Gasteiger partial charge in [0.15, 0.2) is 5.75 Å². The monoisotopic (exact) mass is 401 g/mol. The molecule has 0 atom stereocenters. The molecule has 1 aliphatic rings. The molecule has 0 radical (unpaired) electrons. The highest BCUT2D eigenvalue weighted by molar-refractivity contribution is 6.00. The molecule has 0 saturated heterocycles. The van der Waals surface area contributed by atoms with Crippen molar-refractivity contribution in [1.29, 1.82) is 0 Å². The van der Waals surface area contributed by atoms with Gasteiger partial charge in [-0.1, -0.05) is 18.2 Å². The standard InChI is InChI=1S/C20H23N3O6/c1-21-9-10-22(12-13-7-5-6-8-15(13)21)20(24)14-11-16(27-2)18(28-3)19(29-4)17(14)23(25)26/h5-8,11H,9-10,12H2,1-4H3. The summed E-state index contributed by atoms with van der Waals surface area (Å²) in [6.45, 7) is 1.35. The zero-order chi connectivity index (χ0) is 21.1. The van der Waals surface area contributed by atoms with E-state index in [9.17, 15) is 14.9 Å². The van der Waals surface area contributed by atoms with E-state index in [1.54, 1.807) is 4.90 Å². The van der Waals surface area contributed by atoms with Crippen molar-refractivity contribution in [2.45, 2.75) is 6.54 Å². The zero-order valence-corrected chi connectivity index (χ0v) is 16.8. The van der Waals surface area contributed by atoms with Crippen molar-refractivity contribution in [3.05, 3.63) is 51.6 Å². The van der Waals surface area contributed by atoms with Crippen molar-refractivity contribution in [2.75, 3.05) is 46.4 Å². The summed E-state index contributed by atoms with van der Waals surface area (Å²) in [7, 11) is 5.99. The maximum absolute atomic E-state index is 13.4. The molecular weight excluding hydrogens is 378 g/mol. The Morgan fingerprint density at radius 2 is 1.76 bits per heavy atom. The van der Waals surface area contributed by atoms with Gasteiger partial charge in [-0.2, -0.15) is 0 Å². The van der Waals surface area contributed by atoms with E-state index in [4.69, 9.17) is 14.2 Å². The van der Waals surface area contributed by atoms with Gasteiger partial charge in [0.1, 0.15) is 5.56 Å². The number of ether oxygens (including phenoxy) is 3. The minimum Gasteiger partial charge on any atom is -0.493 e. The van der Waals surface area contributed by atoms with Crippen molar-refractivity contribution in [3.8, 4) is 17.2 Å². The van der Waals surface area contributed by atoms with Crippen LogP contribution in [0.5, 0.6) is 17.2 Å². The quantitative estimate of drug-likeness (QED) is 0.562. The first-order valence-electron chi connectivity index (χ1n) is 8.98. The van der Waals surface area contributed by atoms with Gasteiger partial charge in [0, 0.05) is 38.4 Å². The summed E-state index contributed by atoms with van der Waals surface area (Å²) >= 11 is 0. The lowest BCUT2D eigenvalue weighted by atomic mass is 10.1. The molecular formula is C20H23N3O6. The van der Waals surface area contributed by atoms with Gasteiger partial charge in [-0.3, -0.25) is 14.9 Å². The second-order valence-corrected chi connectivity index (χ2v) is 6.58. The lowest BCUT2D eigenvalue weighted by Crippen LogP contribution is -2.34. The lowest BCUT2D eigenvalue weighted by Gasteiger charge is -2.22. The Kier molecular flexibility index (Phi) is 5.76. The molecule has 2 aromatic rings. The number of nitro groups is 1. The summed E-state index contributed by atoms with van der Waals surface area (Å²) in [6.07, 6.45) is 0. The SMILES string of the molecule is COc1cc(C(=O)N2CCN(C)c3ccccc3C2)c([N+](=O)[O-])c(OC)c1OC. The first-order chi connectivity index (χ1) is 13.9. The van der Waals surface area contributed by atoms with E-state index >= 15 is 0 Å². The Bertz CT molecular complexity index is 946. The topological polar surface area (TPSA) is 94.4 Å². The average molecular weight is 401 g/mol. The number of nitro benzene ring substituents is 1. The Balaban J connectivity index is 2.10. The summed E-state index contributed by atoms with van der Waals surface area (Å²) in [5, 5.41) is 11.8. The van der Waals surface area contributed by atoms with Crippen LogP contribution in [-0.2, 0) is 6.54 Å². The molecule has 154 valence electrons. The fraction of sp³-hybridized carbons (Fsp3) is 0.350. The number of hydrogen-bond donors (Lipinski definition) is 0. The van der Waals surface area contributed by atoms with E-state index in [2.05, 4.69) is 4.90 Å². The summed E-state index contributed by atoms with van der Waals surface area (Å²) in [4.78, 5) is 28.2. The minimum absolute atomic E-state index is 0.0687. The number of hydrogen-bond acceptors (Lipinski definition) is 7. The van der Waals surface area contributed by atoms with Crippen LogP contribution < -0.4 is 19.1 Å². The van der Waals surface area contributed by atoms with Crippen LogP contribution in [0.15, 0.2) is 30.3 Å². The average Bonchev–Trinajstić information content (AvgIpc) is 2.90. The van der Waals surface area contributed by atoms with Crippen LogP contribution in [-0.4, -0.2) is 57.2 Å². The highest BCUT2D eigenvalue weighted by atomic mass is 16.6. The molecule has 0 saturated carbocycles. The minimum atomic E-state index is -0.633. The third-order valence-corrected chi connectivity index (χ3v) is 4.97. The van der Waals surface area contributed by atoms with E-state index in [0.29, 0.717) is 19.6 Å². The van der Waals surface area contributed by atoms with Crippen LogP contribution >= 0.6 is 0 Å². The molecule has 0 spiro atoms. The second-order valence-electron chi connectivity index (χ2n) is 6.58. The van der Waals surface area contributed by atoms with Crippen molar-refractivity contribution < 1.29 is 23.9 Å². The Morgan fingerprint density at radius 1 is 1.07 bits per heavy atom. The highest BCUT2D eigenvalue weighted by Crippen LogP contribution is 2.46. The number of carbonyl (C=O) groups excluding carboxylic acids is 1. The number of anilines is 1. The summed E-state index contributed by atoms with van der Waals surface area (Å²) < 4.78 is 15.7. The first-order valence-corrected chi connectivity index (χ1v) is 8.98. The molecule has 2 aromatic carbocycles. The third kappa shape index (κ3) is 3.63. The van der Waals surface area contributed by atoms with Crippen molar-refractivity contribution >= 4 is 17.3 Å². The summed E-state index contributed by atoms with van der Waals surface area (Å²) in [5.74, 6) is -0.363. The number of methoxy groups -OCH3 is 3. The van der Waals surface area contributed by atoms with E-state index in [-0.39, 0.29) is 22.8 Å². The Hall–Kier alpha value is -3.49. The van der Waals surface area contributed by atoms with E-state index in [1.807, 2.05) is 31.3 Å². The fourth-order valence-electron chi connectivity index (χ4n) is 3.52. The molecule has 1 heterocycles. The van der Waals surface area contributed by atoms with Crippen molar-refractivity contribution in [3.63, 3.8) is 0 Å². The first kappa shape index (κ1) is 20.2. The summed E-state index contributed by atoms with van der Waals surface area (Å²) in [6, 6.07) is 9.12. The number of para-hydroxylation sites is 1. The number of carbonyl (C=O) groups is 1. The van der Waals surface area contributed by atoms with Crippen LogP contribution in [0.25, 0.3) is 0 Å². The number of nitrogens with zero attached hydrogens (tertiary/aromatic N) is 3. The molecule has 9 nitrogen and oxygen atoms in total. The predicted octanol–water partition coefficient (Wildman–Crippen LogP) is 2.71. The van der Waals surface area contributed by atoms with Gasteiger partial charge in [0.05, 0.1) is 26.3 Å². The number of benzene rings is 2. The smallest absolute Gasteiger partial charge is 0.327 e. The van der Waals surface area contributed by atoms with Gasteiger partial charge in [0.2, 0.25) is 11.5 Å². The van der Waals surface area contributed by atoms with Crippen LogP contribution in [0.2, 0.25) is 0 Å². The Morgan fingerprint density at radius 3 is 2.38 bits per heavy atom. The van der Waals surface area contributed by atoms with Crippen molar-refractivity contribution in [1.82, 2.24) is 4.90 Å². The highest BCUT2D eigenvalue weighted by Gasteiger charge is 2.35. The van der Waals surface area contributed by atoms with Crippen molar-refractivity contribution in [2.24, 2.45) is 0 Å². The molecule has 0 fully saturated rings. The normalized spacial score (nSPS) is 13.4. The molecule has 0 bridgehead atoms. The molecule has 29 heavy (non-hydrogen) atoms. The number of fused-ring (bicyclic) bond motifs is 1. The lowest BCUT2D eigenvalue weighted by molar-refractivity contribution is -0.386. The molecule has 0 aromatic heterocycles. The molecule has 1 aliphatic heterocycles. The maximum atomic E-state index is 13.4. The molecule has 0 N–H and O–H groups in total. The van der Waals surface area contributed by atoms with Gasteiger partial charge in [-0.25, -0.2) is 0 Å². The molecule has 0 aliphatic carbocycles. The van der Waals surface area contributed by atoms with Crippen LogP contribution in [0.3, 0.4) is 0 Å². The summed E-state index contributed by atoms with van der Waals surface area (Å²) in [5.41, 5.74) is 1.45. The number of likely N-dealkylation sites (N-methyl/N-ethyl adjacent to an activating group) is 1.